The zero-order chi connectivity index (χ0) is 16.8. The van der Waals surface area contributed by atoms with Crippen molar-refractivity contribution in [2.75, 3.05) is 7.11 Å². The monoisotopic (exact) mass is 317 g/mol. The van der Waals surface area contributed by atoms with Crippen molar-refractivity contribution in [1.82, 2.24) is 5.32 Å². The van der Waals surface area contributed by atoms with E-state index in [0.29, 0.717) is 24.1 Å². The molecule has 4 unspecified atom stereocenters. The fourth-order valence-electron chi connectivity index (χ4n) is 2.79. The Bertz CT molecular complexity index is 565. The number of hydrogen-bond acceptors (Lipinski definition) is 4. The average molecular weight is 317 g/mol. The highest BCUT2D eigenvalue weighted by Crippen LogP contribution is 2.24. The number of aliphatic hydroxyl groups is 1. The van der Waals surface area contributed by atoms with Crippen LogP contribution in [0.25, 0.3) is 0 Å². The first kappa shape index (κ1) is 17.6. The van der Waals surface area contributed by atoms with Gasteiger partial charge in [0.05, 0.1) is 13.4 Å². The number of benzene rings is 1. The van der Waals surface area contributed by atoms with Crippen LogP contribution in [0.2, 0.25) is 0 Å². The van der Waals surface area contributed by atoms with Gasteiger partial charge in [-0.3, -0.25) is 0 Å². The van der Waals surface area contributed by atoms with Gasteiger partial charge in [0.1, 0.15) is 17.6 Å². The third-order valence-electron chi connectivity index (χ3n) is 4.39. The zero-order valence-electron chi connectivity index (χ0n) is 14.3. The molecular formula is C19H27NO3. The minimum absolute atomic E-state index is 0.186. The summed E-state index contributed by atoms with van der Waals surface area (Å²) < 4.78 is 10.5. The highest BCUT2D eigenvalue weighted by atomic mass is 16.5. The number of ether oxygens (including phenoxy) is 1. The maximum atomic E-state index is 10.2. The molecule has 0 radical (unpaired) electrons. The second-order valence-electron chi connectivity index (χ2n) is 6.19. The Labute approximate surface area is 138 Å². The molecule has 0 aliphatic carbocycles. The van der Waals surface area contributed by atoms with E-state index in [0.717, 1.165) is 5.75 Å². The van der Waals surface area contributed by atoms with Crippen molar-refractivity contribution in [3.8, 4) is 5.75 Å². The summed E-state index contributed by atoms with van der Waals surface area (Å²) in [5, 5.41) is 13.7. The van der Waals surface area contributed by atoms with E-state index in [1.807, 2.05) is 12.1 Å². The molecule has 0 spiro atoms. The van der Waals surface area contributed by atoms with Gasteiger partial charge in [-0.1, -0.05) is 19.1 Å². The first-order valence-electron chi connectivity index (χ1n) is 8.12. The van der Waals surface area contributed by atoms with Crippen LogP contribution in [0.4, 0.5) is 0 Å². The minimum Gasteiger partial charge on any atom is -0.497 e. The van der Waals surface area contributed by atoms with Crippen molar-refractivity contribution in [3.63, 3.8) is 0 Å². The quantitative estimate of drug-likeness (QED) is 0.776. The largest absolute Gasteiger partial charge is 0.497 e. The van der Waals surface area contributed by atoms with Crippen molar-refractivity contribution in [1.29, 1.82) is 0 Å². The molecule has 2 N–H and O–H groups in total. The fraction of sp³-hybridized carbons (Fsp3) is 0.474. The van der Waals surface area contributed by atoms with E-state index in [1.54, 1.807) is 25.5 Å². The molecule has 4 atom stereocenters. The van der Waals surface area contributed by atoms with Crippen molar-refractivity contribution in [3.05, 3.63) is 54.0 Å². The first-order valence-corrected chi connectivity index (χ1v) is 8.12. The van der Waals surface area contributed by atoms with Crippen molar-refractivity contribution in [2.45, 2.75) is 51.3 Å². The van der Waals surface area contributed by atoms with Crippen LogP contribution < -0.4 is 10.1 Å². The third kappa shape index (κ3) is 4.85. The molecule has 0 saturated carbocycles. The Hall–Kier alpha value is -1.78. The van der Waals surface area contributed by atoms with E-state index in [4.69, 9.17) is 9.15 Å². The lowest BCUT2D eigenvalue weighted by molar-refractivity contribution is 0.126. The molecule has 0 aliphatic rings. The molecule has 2 rings (SSSR count). The average Bonchev–Trinajstić information content (AvgIpc) is 3.08. The van der Waals surface area contributed by atoms with Crippen LogP contribution in [0.5, 0.6) is 5.75 Å². The molecule has 0 fully saturated rings. The topological polar surface area (TPSA) is 54.6 Å². The number of aliphatic hydroxyl groups excluding tert-OH is 1. The summed E-state index contributed by atoms with van der Waals surface area (Å²) in [6, 6.07) is 12.3. The van der Waals surface area contributed by atoms with Crippen molar-refractivity contribution >= 4 is 0 Å². The smallest absolute Gasteiger partial charge is 0.132 e. The maximum Gasteiger partial charge on any atom is 0.132 e. The Morgan fingerprint density at radius 3 is 2.39 bits per heavy atom. The minimum atomic E-state index is -0.573. The fourth-order valence-corrected chi connectivity index (χ4v) is 2.79. The lowest BCUT2D eigenvalue weighted by atomic mass is 9.93. The number of furan rings is 1. The lowest BCUT2D eigenvalue weighted by Gasteiger charge is -2.26. The van der Waals surface area contributed by atoms with Gasteiger partial charge in [0.2, 0.25) is 0 Å². The van der Waals surface area contributed by atoms with Gasteiger partial charge < -0.3 is 19.6 Å². The van der Waals surface area contributed by atoms with Gasteiger partial charge in [-0.2, -0.15) is 0 Å². The van der Waals surface area contributed by atoms with Gasteiger partial charge in [-0.05, 0) is 56.0 Å². The number of methoxy groups -OCH3 is 1. The van der Waals surface area contributed by atoms with E-state index >= 15 is 0 Å². The van der Waals surface area contributed by atoms with E-state index < -0.39 is 6.10 Å². The summed E-state index contributed by atoms with van der Waals surface area (Å²) in [6.07, 6.45) is 1.63. The molecule has 1 heterocycles. The van der Waals surface area contributed by atoms with Gasteiger partial charge in [0.15, 0.2) is 0 Å². The molecule has 0 saturated heterocycles. The summed E-state index contributed by atoms with van der Waals surface area (Å²) in [4.78, 5) is 0. The zero-order valence-corrected chi connectivity index (χ0v) is 14.3. The number of hydrogen-bond donors (Lipinski definition) is 2. The van der Waals surface area contributed by atoms with E-state index in [-0.39, 0.29) is 6.04 Å². The Morgan fingerprint density at radius 1 is 1.13 bits per heavy atom. The van der Waals surface area contributed by atoms with Crippen LogP contribution in [0.3, 0.4) is 0 Å². The molecule has 4 nitrogen and oxygen atoms in total. The van der Waals surface area contributed by atoms with Crippen molar-refractivity contribution < 1.29 is 14.3 Å². The Kier molecular flexibility index (Phi) is 6.25. The molecule has 0 bridgehead atoms. The standard InChI is InChI=1S/C19H27NO3/c1-13(12-18(21)19-6-5-11-23-19)20-15(3)14(2)16-7-9-17(22-4)10-8-16/h5-11,13-15,18,20-21H,12H2,1-4H3. The van der Waals surface area contributed by atoms with Crippen LogP contribution >= 0.6 is 0 Å². The summed E-state index contributed by atoms with van der Waals surface area (Å²) in [5.41, 5.74) is 1.27. The highest BCUT2D eigenvalue weighted by molar-refractivity contribution is 5.29. The molecule has 23 heavy (non-hydrogen) atoms. The maximum absolute atomic E-state index is 10.2. The highest BCUT2D eigenvalue weighted by Gasteiger charge is 2.19. The molecule has 0 amide bonds. The molecule has 4 heteroatoms. The summed E-state index contributed by atoms with van der Waals surface area (Å²) >= 11 is 0. The van der Waals surface area contributed by atoms with Gasteiger partial charge in [0.25, 0.3) is 0 Å². The Balaban J connectivity index is 1.87. The van der Waals surface area contributed by atoms with Gasteiger partial charge in [0, 0.05) is 12.1 Å². The van der Waals surface area contributed by atoms with E-state index in [9.17, 15) is 5.11 Å². The van der Waals surface area contributed by atoms with Gasteiger partial charge >= 0.3 is 0 Å². The molecule has 0 aliphatic heterocycles. The lowest BCUT2D eigenvalue weighted by Crippen LogP contribution is -2.38. The van der Waals surface area contributed by atoms with E-state index in [1.165, 1.54) is 5.56 Å². The third-order valence-corrected chi connectivity index (χ3v) is 4.39. The number of nitrogens with one attached hydrogen (secondary N) is 1. The van der Waals surface area contributed by atoms with Gasteiger partial charge in [-0.15, -0.1) is 0 Å². The summed E-state index contributed by atoms with van der Waals surface area (Å²) in [7, 11) is 1.68. The van der Waals surface area contributed by atoms with Gasteiger partial charge in [-0.25, -0.2) is 0 Å². The number of rotatable bonds is 8. The van der Waals surface area contributed by atoms with Crippen LogP contribution in [-0.4, -0.2) is 24.3 Å². The second kappa shape index (κ2) is 8.18. The molecular weight excluding hydrogens is 290 g/mol. The summed E-state index contributed by atoms with van der Waals surface area (Å²) in [6.45, 7) is 6.46. The molecule has 126 valence electrons. The SMILES string of the molecule is COc1ccc(C(C)C(C)NC(C)CC(O)c2ccco2)cc1. The molecule has 1 aromatic carbocycles. The molecule has 1 aromatic heterocycles. The first-order chi connectivity index (χ1) is 11.0. The molecule has 2 aromatic rings. The second-order valence-corrected chi connectivity index (χ2v) is 6.19. The van der Waals surface area contributed by atoms with E-state index in [2.05, 4.69) is 38.2 Å². The van der Waals surface area contributed by atoms with Crippen molar-refractivity contribution in [2.24, 2.45) is 0 Å². The van der Waals surface area contributed by atoms with Crippen LogP contribution in [0, 0.1) is 0 Å². The predicted octanol–water partition coefficient (Wildman–Crippen LogP) is 3.88. The normalized spacial score (nSPS) is 16.6. The predicted molar refractivity (Wildman–Crippen MR) is 91.8 cm³/mol. The van der Waals surface area contributed by atoms with Crippen LogP contribution in [-0.2, 0) is 0 Å². The van der Waals surface area contributed by atoms with Crippen LogP contribution in [0.15, 0.2) is 47.1 Å². The summed E-state index contributed by atoms with van der Waals surface area (Å²) in [5.74, 6) is 1.86. The van der Waals surface area contributed by atoms with Crippen LogP contribution in [0.1, 0.15) is 50.5 Å². The Morgan fingerprint density at radius 2 is 1.83 bits per heavy atom.